The van der Waals surface area contributed by atoms with E-state index in [2.05, 4.69) is 9.55 Å². The van der Waals surface area contributed by atoms with Crippen molar-refractivity contribution >= 4 is 34.9 Å². The molecule has 0 atom stereocenters. The van der Waals surface area contributed by atoms with E-state index in [4.69, 9.17) is 23.8 Å². The van der Waals surface area contributed by atoms with Crippen LogP contribution in [0.3, 0.4) is 0 Å². The molecule has 0 unspecified atom stereocenters. The standard InChI is InChI=1S/C15H16ClFN2S/c16-11-5-13-14(6-12(11)17)19(15(20)18-13)7-10(8-1-2-8)9-3-4-9/h5-6,8-10H,1-4,7H2,(H,18,20). The summed E-state index contributed by atoms with van der Waals surface area (Å²) in [5.74, 6) is 2.04. The summed E-state index contributed by atoms with van der Waals surface area (Å²) in [6.07, 6.45) is 5.38. The number of H-pyrrole nitrogens is 1. The molecule has 1 aromatic heterocycles. The van der Waals surface area contributed by atoms with E-state index in [1.165, 1.54) is 31.7 Å². The van der Waals surface area contributed by atoms with Crippen LogP contribution in [0.4, 0.5) is 4.39 Å². The molecule has 0 radical (unpaired) electrons. The average molecular weight is 311 g/mol. The number of hydrogen-bond acceptors (Lipinski definition) is 1. The first kappa shape index (κ1) is 12.8. The van der Waals surface area contributed by atoms with Crippen LogP contribution >= 0.6 is 23.8 Å². The predicted molar refractivity (Wildman–Crippen MR) is 81.0 cm³/mol. The van der Waals surface area contributed by atoms with Gasteiger partial charge in [0.1, 0.15) is 5.82 Å². The first-order valence-corrected chi connectivity index (χ1v) is 7.99. The molecule has 1 heterocycles. The van der Waals surface area contributed by atoms with Gasteiger partial charge in [-0.15, -0.1) is 0 Å². The SMILES string of the molecule is Fc1cc2c(cc1Cl)[nH]c(=S)n2CC(C1CC1)C1CC1. The van der Waals surface area contributed by atoms with Crippen LogP contribution in [0, 0.1) is 28.3 Å². The molecule has 0 aliphatic heterocycles. The monoisotopic (exact) mass is 310 g/mol. The lowest BCUT2D eigenvalue weighted by molar-refractivity contribution is 0.351. The molecule has 0 spiro atoms. The highest BCUT2D eigenvalue weighted by atomic mass is 35.5. The Morgan fingerprint density at radius 3 is 2.55 bits per heavy atom. The lowest BCUT2D eigenvalue weighted by Gasteiger charge is -2.16. The molecule has 2 aromatic rings. The van der Waals surface area contributed by atoms with Gasteiger partial charge in [0, 0.05) is 12.6 Å². The van der Waals surface area contributed by atoms with E-state index in [1.807, 2.05) is 0 Å². The number of aromatic nitrogens is 2. The van der Waals surface area contributed by atoms with E-state index in [-0.39, 0.29) is 10.8 Å². The predicted octanol–water partition coefficient (Wildman–Crippen LogP) is 4.93. The van der Waals surface area contributed by atoms with Crippen molar-refractivity contribution in [3.8, 4) is 0 Å². The first-order valence-electron chi connectivity index (χ1n) is 7.21. The van der Waals surface area contributed by atoms with Crippen LogP contribution in [0.5, 0.6) is 0 Å². The molecule has 20 heavy (non-hydrogen) atoms. The second-order valence-corrected chi connectivity index (χ2v) is 6.96. The largest absolute Gasteiger partial charge is 0.331 e. The van der Waals surface area contributed by atoms with E-state index in [0.29, 0.717) is 10.7 Å². The molecular weight excluding hydrogens is 295 g/mol. The van der Waals surface area contributed by atoms with Gasteiger partial charge >= 0.3 is 0 Å². The number of aromatic amines is 1. The molecule has 1 aromatic carbocycles. The van der Waals surface area contributed by atoms with Gasteiger partial charge in [-0.1, -0.05) is 11.6 Å². The molecule has 2 nitrogen and oxygen atoms in total. The van der Waals surface area contributed by atoms with Crippen molar-refractivity contribution in [2.24, 2.45) is 17.8 Å². The number of fused-ring (bicyclic) bond motifs is 1. The van der Waals surface area contributed by atoms with Crippen LogP contribution in [0.25, 0.3) is 11.0 Å². The molecule has 0 amide bonds. The summed E-state index contributed by atoms with van der Waals surface area (Å²) in [6.45, 7) is 0.912. The van der Waals surface area contributed by atoms with Crippen molar-refractivity contribution in [1.29, 1.82) is 0 Å². The maximum absolute atomic E-state index is 13.7. The van der Waals surface area contributed by atoms with E-state index in [1.54, 1.807) is 6.07 Å². The first-order chi connectivity index (χ1) is 9.63. The van der Waals surface area contributed by atoms with Crippen LogP contribution in [0.2, 0.25) is 5.02 Å². The second-order valence-electron chi connectivity index (χ2n) is 6.16. The molecule has 2 aliphatic carbocycles. The molecule has 2 aliphatic rings. The van der Waals surface area contributed by atoms with Crippen LogP contribution in [-0.4, -0.2) is 9.55 Å². The Labute approximate surface area is 126 Å². The number of imidazole rings is 1. The van der Waals surface area contributed by atoms with Crippen molar-refractivity contribution in [2.75, 3.05) is 0 Å². The Balaban J connectivity index is 1.76. The molecule has 2 saturated carbocycles. The van der Waals surface area contributed by atoms with Gasteiger partial charge in [-0.3, -0.25) is 0 Å². The molecule has 1 N–H and O–H groups in total. The zero-order chi connectivity index (χ0) is 13.9. The number of nitrogens with zero attached hydrogens (tertiary/aromatic N) is 1. The van der Waals surface area contributed by atoms with Crippen LogP contribution in [0.15, 0.2) is 12.1 Å². The quantitative estimate of drug-likeness (QED) is 0.794. The van der Waals surface area contributed by atoms with Gasteiger partial charge in [0.2, 0.25) is 0 Å². The fraction of sp³-hybridized carbons (Fsp3) is 0.533. The highest BCUT2D eigenvalue weighted by Gasteiger charge is 2.41. The van der Waals surface area contributed by atoms with Crippen LogP contribution in [0.1, 0.15) is 25.7 Å². The average Bonchev–Trinajstić information content (AvgIpc) is 3.28. The molecule has 5 heteroatoms. The van der Waals surface area contributed by atoms with Gasteiger partial charge in [0.05, 0.1) is 16.1 Å². The number of halogens is 2. The van der Waals surface area contributed by atoms with Gasteiger partial charge in [-0.2, -0.15) is 0 Å². The van der Waals surface area contributed by atoms with E-state index < -0.39 is 0 Å². The van der Waals surface area contributed by atoms with Gasteiger partial charge in [-0.25, -0.2) is 4.39 Å². The Morgan fingerprint density at radius 1 is 1.30 bits per heavy atom. The van der Waals surface area contributed by atoms with E-state index in [9.17, 15) is 4.39 Å². The van der Waals surface area contributed by atoms with Gasteiger partial charge in [0.15, 0.2) is 4.77 Å². The third kappa shape index (κ3) is 2.19. The minimum Gasteiger partial charge on any atom is -0.331 e. The Hall–Kier alpha value is -0.870. The lowest BCUT2D eigenvalue weighted by Crippen LogP contribution is -2.15. The molecule has 4 rings (SSSR count). The molecule has 2 fully saturated rings. The Morgan fingerprint density at radius 2 is 1.95 bits per heavy atom. The third-order valence-corrected chi connectivity index (χ3v) is 5.28. The third-order valence-electron chi connectivity index (χ3n) is 4.66. The van der Waals surface area contributed by atoms with Crippen molar-refractivity contribution < 1.29 is 4.39 Å². The zero-order valence-corrected chi connectivity index (χ0v) is 12.6. The van der Waals surface area contributed by atoms with Gasteiger partial charge in [0.25, 0.3) is 0 Å². The molecular formula is C15H16ClFN2S. The van der Waals surface area contributed by atoms with E-state index >= 15 is 0 Å². The number of benzene rings is 1. The summed E-state index contributed by atoms with van der Waals surface area (Å²) in [6, 6.07) is 3.13. The van der Waals surface area contributed by atoms with Crippen molar-refractivity contribution in [3.05, 3.63) is 27.7 Å². The smallest absolute Gasteiger partial charge is 0.178 e. The number of hydrogen-bond donors (Lipinski definition) is 1. The fourth-order valence-corrected chi connectivity index (χ4v) is 3.72. The van der Waals surface area contributed by atoms with Crippen LogP contribution < -0.4 is 0 Å². The van der Waals surface area contributed by atoms with Crippen molar-refractivity contribution in [3.63, 3.8) is 0 Å². The minimum absolute atomic E-state index is 0.141. The fourth-order valence-electron chi connectivity index (χ4n) is 3.28. The van der Waals surface area contributed by atoms with Gasteiger partial charge in [-0.05, 0) is 61.7 Å². The topological polar surface area (TPSA) is 20.7 Å². The van der Waals surface area contributed by atoms with Crippen molar-refractivity contribution in [2.45, 2.75) is 32.2 Å². The van der Waals surface area contributed by atoms with Crippen LogP contribution in [-0.2, 0) is 6.54 Å². The summed E-state index contributed by atoms with van der Waals surface area (Å²) >= 11 is 11.3. The maximum Gasteiger partial charge on any atom is 0.178 e. The summed E-state index contributed by atoms with van der Waals surface area (Å²) in [5.41, 5.74) is 1.66. The highest BCUT2D eigenvalue weighted by Crippen LogP contribution is 2.50. The minimum atomic E-state index is -0.378. The summed E-state index contributed by atoms with van der Waals surface area (Å²) in [4.78, 5) is 3.15. The lowest BCUT2D eigenvalue weighted by atomic mass is 9.98. The van der Waals surface area contributed by atoms with E-state index in [0.717, 1.165) is 29.4 Å². The summed E-state index contributed by atoms with van der Waals surface area (Å²) in [5, 5.41) is 0.141. The number of rotatable bonds is 4. The normalized spacial score (nSPS) is 19.1. The summed E-state index contributed by atoms with van der Waals surface area (Å²) < 4.78 is 16.5. The van der Waals surface area contributed by atoms with Gasteiger partial charge < -0.3 is 9.55 Å². The Bertz CT molecular complexity index is 715. The second kappa shape index (κ2) is 4.57. The number of nitrogens with one attached hydrogen (secondary N) is 1. The molecule has 0 bridgehead atoms. The molecule has 106 valence electrons. The molecule has 0 saturated heterocycles. The Kier molecular flexibility index (Phi) is 2.93. The highest BCUT2D eigenvalue weighted by molar-refractivity contribution is 7.71. The maximum atomic E-state index is 13.7. The summed E-state index contributed by atoms with van der Waals surface area (Å²) in [7, 11) is 0. The van der Waals surface area contributed by atoms with Crippen molar-refractivity contribution in [1.82, 2.24) is 9.55 Å². The zero-order valence-electron chi connectivity index (χ0n) is 11.0.